The molecule has 0 aliphatic carbocycles. The molecule has 2 N–H and O–H groups in total. The number of H-pyrrole nitrogens is 1. The quantitative estimate of drug-likeness (QED) is 0.532. The normalized spacial score (nSPS) is 16.0. The van der Waals surface area contributed by atoms with Crippen molar-refractivity contribution in [2.75, 3.05) is 13.7 Å². The Hall–Kier alpha value is -3.87. The molecule has 0 spiro atoms. The molecule has 3 heterocycles. The van der Waals surface area contributed by atoms with Crippen LogP contribution in [0.5, 0.6) is 0 Å². The van der Waals surface area contributed by atoms with E-state index in [1.807, 2.05) is 51.1 Å². The molecule has 1 unspecified atom stereocenters. The van der Waals surface area contributed by atoms with Gasteiger partial charge in [0.1, 0.15) is 0 Å². The van der Waals surface area contributed by atoms with Gasteiger partial charge < -0.3 is 19.8 Å². The van der Waals surface area contributed by atoms with Crippen molar-refractivity contribution < 1.29 is 19.1 Å². The van der Waals surface area contributed by atoms with Crippen molar-refractivity contribution >= 4 is 22.8 Å². The van der Waals surface area contributed by atoms with Crippen molar-refractivity contribution in [1.82, 2.24) is 15.3 Å². The zero-order chi connectivity index (χ0) is 24.4. The predicted octanol–water partition coefficient (Wildman–Crippen LogP) is 4.37. The molecule has 1 aliphatic heterocycles. The van der Waals surface area contributed by atoms with Gasteiger partial charge >= 0.3 is 11.9 Å². The molecule has 0 saturated carbocycles. The van der Waals surface area contributed by atoms with Crippen LogP contribution in [0.1, 0.15) is 42.3 Å². The lowest BCUT2D eigenvalue weighted by Gasteiger charge is -2.30. The largest absolute Gasteiger partial charge is 0.466 e. The molecule has 4 rings (SSSR count). The molecule has 0 radical (unpaired) electrons. The first-order chi connectivity index (χ1) is 16.3. The van der Waals surface area contributed by atoms with Gasteiger partial charge in [-0.15, -0.1) is 0 Å². The topological polar surface area (TPSA) is 93.3 Å². The number of esters is 2. The molecular formula is C27H29N3O4. The van der Waals surface area contributed by atoms with Crippen molar-refractivity contribution in [2.45, 2.75) is 40.0 Å². The summed E-state index contributed by atoms with van der Waals surface area (Å²) >= 11 is 0. The summed E-state index contributed by atoms with van der Waals surface area (Å²) in [7, 11) is 1.34. The number of hydrogen-bond acceptors (Lipinski definition) is 6. The van der Waals surface area contributed by atoms with Gasteiger partial charge in [-0.1, -0.05) is 18.2 Å². The van der Waals surface area contributed by atoms with Gasteiger partial charge in [-0.2, -0.15) is 0 Å². The first-order valence-electron chi connectivity index (χ1n) is 11.2. The fraction of sp³-hybridized carbons (Fsp3) is 0.296. The van der Waals surface area contributed by atoms with E-state index in [-0.39, 0.29) is 6.61 Å². The van der Waals surface area contributed by atoms with E-state index >= 15 is 0 Å². The van der Waals surface area contributed by atoms with E-state index in [4.69, 9.17) is 9.47 Å². The number of methoxy groups -OCH3 is 1. The second-order valence-corrected chi connectivity index (χ2v) is 8.58. The van der Waals surface area contributed by atoms with Gasteiger partial charge in [-0.3, -0.25) is 4.98 Å². The summed E-state index contributed by atoms with van der Waals surface area (Å²) in [5.41, 5.74) is 6.83. The molecule has 3 aromatic rings. The third kappa shape index (κ3) is 4.46. The van der Waals surface area contributed by atoms with Crippen LogP contribution in [-0.4, -0.2) is 35.6 Å². The van der Waals surface area contributed by atoms with Crippen molar-refractivity contribution in [3.63, 3.8) is 0 Å². The molecule has 1 atom stereocenters. The number of aromatic nitrogens is 2. The van der Waals surface area contributed by atoms with E-state index in [1.54, 1.807) is 13.1 Å². The Labute approximate surface area is 198 Å². The highest BCUT2D eigenvalue weighted by Crippen LogP contribution is 2.39. The molecule has 0 fully saturated rings. The lowest BCUT2D eigenvalue weighted by atomic mass is 9.80. The minimum atomic E-state index is -0.658. The summed E-state index contributed by atoms with van der Waals surface area (Å²) in [6.07, 6.45) is 2.31. The average Bonchev–Trinajstić information content (AvgIpc) is 3.14. The smallest absolute Gasteiger partial charge is 0.336 e. The summed E-state index contributed by atoms with van der Waals surface area (Å²) in [4.78, 5) is 34.0. The number of hydrogen-bond donors (Lipinski definition) is 2. The maximum Gasteiger partial charge on any atom is 0.336 e. The van der Waals surface area contributed by atoms with Crippen molar-refractivity contribution in [1.29, 1.82) is 0 Å². The molecule has 0 bridgehead atoms. The highest BCUT2D eigenvalue weighted by atomic mass is 16.5. The Balaban J connectivity index is 1.69. The van der Waals surface area contributed by atoms with Crippen LogP contribution in [0.3, 0.4) is 0 Å². The van der Waals surface area contributed by atoms with E-state index in [2.05, 4.69) is 21.4 Å². The van der Waals surface area contributed by atoms with Gasteiger partial charge in [-0.05, 0) is 57.0 Å². The fourth-order valence-electron chi connectivity index (χ4n) is 4.60. The first kappa shape index (κ1) is 23.3. The number of carbonyl (C=O) groups excluding carboxylic acids is 2. The van der Waals surface area contributed by atoms with E-state index in [1.165, 1.54) is 7.11 Å². The number of rotatable bonds is 6. The Morgan fingerprint density at radius 3 is 2.38 bits per heavy atom. The van der Waals surface area contributed by atoms with Crippen LogP contribution in [0.25, 0.3) is 10.9 Å². The van der Waals surface area contributed by atoms with Gasteiger partial charge in [0.25, 0.3) is 0 Å². The molecule has 7 nitrogen and oxygen atoms in total. The van der Waals surface area contributed by atoms with Gasteiger partial charge in [0.15, 0.2) is 0 Å². The number of carbonyl (C=O) groups is 2. The molecular weight excluding hydrogens is 430 g/mol. The Bertz CT molecular complexity index is 1330. The van der Waals surface area contributed by atoms with Gasteiger partial charge in [-0.25, -0.2) is 9.59 Å². The number of nitrogens with zero attached hydrogens (tertiary/aromatic N) is 1. The Kier molecular flexibility index (Phi) is 6.54. The average molecular weight is 460 g/mol. The van der Waals surface area contributed by atoms with Crippen LogP contribution in [0.2, 0.25) is 0 Å². The fourth-order valence-corrected chi connectivity index (χ4v) is 4.60. The summed E-state index contributed by atoms with van der Waals surface area (Å²) in [5.74, 6) is -1.63. The van der Waals surface area contributed by atoms with Gasteiger partial charge in [0.2, 0.25) is 0 Å². The highest BCUT2D eigenvalue weighted by molar-refractivity contribution is 6.00. The van der Waals surface area contributed by atoms with E-state index in [0.717, 1.165) is 33.4 Å². The third-order valence-electron chi connectivity index (χ3n) is 6.19. The molecule has 0 amide bonds. The van der Waals surface area contributed by atoms with Crippen molar-refractivity contribution in [3.05, 3.63) is 87.7 Å². The SMILES string of the molecule is COC(=O)C1=C(C)NC(C)=C(C(=O)OCCc2cc(C)[nH]c2C)C1c1cnc2ccccc2c1. The second kappa shape index (κ2) is 9.55. The predicted molar refractivity (Wildman–Crippen MR) is 130 cm³/mol. The molecule has 2 aromatic heterocycles. The summed E-state index contributed by atoms with van der Waals surface area (Å²) < 4.78 is 10.8. The standard InChI is InChI=1S/C27H29N3O4/c1-15-12-19(16(2)29-15)10-11-34-27(32)24-18(4)30-17(3)23(26(31)33-5)25(24)21-13-20-8-6-7-9-22(20)28-14-21/h6-9,12-14,25,29-30H,10-11H2,1-5H3. The van der Waals surface area contributed by atoms with Crippen LogP contribution in [-0.2, 0) is 25.5 Å². The number of aryl methyl sites for hydroxylation is 2. The van der Waals surface area contributed by atoms with Gasteiger partial charge in [0.05, 0.1) is 36.3 Å². The monoisotopic (exact) mass is 459 g/mol. The number of allylic oxidation sites excluding steroid dienone is 2. The van der Waals surface area contributed by atoms with E-state index in [0.29, 0.717) is 29.0 Å². The lowest BCUT2D eigenvalue weighted by Crippen LogP contribution is -2.32. The molecule has 7 heteroatoms. The number of ether oxygens (including phenoxy) is 2. The number of para-hydroxylation sites is 1. The number of aromatic amines is 1. The van der Waals surface area contributed by atoms with Gasteiger partial charge in [0, 0.05) is 40.8 Å². The number of nitrogens with one attached hydrogen (secondary N) is 2. The number of benzene rings is 1. The molecule has 0 saturated heterocycles. The van der Waals surface area contributed by atoms with E-state index in [9.17, 15) is 9.59 Å². The zero-order valence-corrected chi connectivity index (χ0v) is 20.1. The zero-order valence-electron chi connectivity index (χ0n) is 20.1. The van der Waals surface area contributed by atoms with Crippen LogP contribution in [0, 0.1) is 13.8 Å². The maximum absolute atomic E-state index is 13.4. The lowest BCUT2D eigenvalue weighted by molar-refractivity contribution is -0.139. The van der Waals surface area contributed by atoms with Crippen LogP contribution < -0.4 is 5.32 Å². The van der Waals surface area contributed by atoms with Crippen molar-refractivity contribution in [2.24, 2.45) is 0 Å². The molecule has 1 aromatic carbocycles. The number of dihydropyridines is 1. The third-order valence-corrected chi connectivity index (χ3v) is 6.19. The van der Waals surface area contributed by atoms with E-state index < -0.39 is 17.9 Å². The minimum absolute atomic E-state index is 0.229. The van der Waals surface area contributed by atoms with Crippen LogP contribution in [0.15, 0.2) is 65.1 Å². The van der Waals surface area contributed by atoms with Crippen LogP contribution >= 0.6 is 0 Å². The summed E-state index contributed by atoms with van der Waals surface area (Å²) in [6.45, 7) is 7.84. The summed E-state index contributed by atoms with van der Waals surface area (Å²) in [5, 5.41) is 4.09. The Morgan fingerprint density at radius 2 is 1.71 bits per heavy atom. The number of pyridine rings is 1. The molecule has 1 aliphatic rings. The van der Waals surface area contributed by atoms with Crippen LogP contribution in [0.4, 0.5) is 0 Å². The Morgan fingerprint density at radius 1 is 1.00 bits per heavy atom. The minimum Gasteiger partial charge on any atom is -0.466 e. The second-order valence-electron chi connectivity index (χ2n) is 8.58. The number of fused-ring (bicyclic) bond motifs is 1. The summed E-state index contributed by atoms with van der Waals surface area (Å²) in [6, 6.07) is 11.7. The highest BCUT2D eigenvalue weighted by Gasteiger charge is 2.38. The maximum atomic E-state index is 13.4. The molecule has 34 heavy (non-hydrogen) atoms. The van der Waals surface area contributed by atoms with Crippen molar-refractivity contribution in [3.8, 4) is 0 Å². The molecule has 176 valence electrons. The first-order valence-corrected chi connectivity index (χ1v) is 11.2.